The van der Waals surface area contributed by atoms with E-state index in [1.165, 1.54) is 6.07 Å². The summed E-state index contributed by atoms with van der Waals surface area (Å²) >= 11 is 0. The van der Waals surface area contributed by atoms with E-state index in [1.54, 1.807) is 18.2 Å². The Bertz CT molecular complexity index is 676. The van der Waals surface area contributed by atoms with Gasteiger partial charge in [0.25, 0.3) is 0 Å². The van der Waals surface area contributed by atoms with E-state index >= 15 is 0 Å². The summed E-state index contributed by atoms with van der Waals surface area (Å²) in [7, 11) is 1.93. The zero-order valence-electron chi connectivity index (χ0n) is 14.1. The normalized spacial score (nSPS) is 10.7. The number of halogens is 1. The van der Waals surface area contributed by atoms with Crippen molar-refractivity contribution in [1.29, 1.82) is 0 Å². The number of para-hydroxylation sites is 2. The Morgan fingerprint density at radius 1 is 1.12 bits per heavy atom. The minimum atomic E-state index is -0.425. The molecule has 0 saturated heterocycles. The van der Waals surface area contributed by atoms with Gasteiger partial charge >= 0.3 is 0 Å². The molecule has 2 aromatic rings. The number of rotatable bonds is 8. The van der Waals surface area contributed by atoms with Crippen LogP contribution in [0.3, 0.4) is 0 Å². The summed E-state index contributed by atoms with van der Waals surface area (Å²) in [5.74, 6) is 0.251. The maximum Gasteiger partial charge on any atom is 0.225 e. The largest absolute Gasteiger partial charge is 0.492 e. The van der Waals surface area contributed by atoms with Gasteiger partial charge in [0.05, 0.1) is 5.69 Å². The molecular formula is C19H23FN2O2. The number of nitrogens with one attached hydrogen (secondary N) is 1. The van der Waals surface area contributed by atoms with E-state index < -0.39 is 5.82 Å². The fraction of sp³-hybridized carbons (Fsp3) is 0.316. The summed E-state index contributed by atoms with van der Waals surface area (Å²) in [6.07, 6.45) is 0.301. The molecule has 0 aromatic heterocycles. The molecule has 0 atom stereocenters. The molecule has 5 heteroatoms. The van der Waals surface area contributed by atoms with Gasteiger partial charge < -0.3 is 15.0 Å². The third kappa shape index (κ3) is 5.66. The molecule has 0 aliphatic rings. The first-order chi connectivity index (χ1) is 11.6. The number of anilines is 1. The summed E-state index contributed by atoms with van der Waals surface area (Å²) in [5.41, 5.74) is 1.32. The van der Waals surface area contributed by atoms with E-state index in [1.807, 2.05) is 43.1 Å². The molecule has 0 saturated carbocycles. The number of carbonyl (C=O) groups is 1. The highest BCUT2D eigenvalue weighted by Gasteiger charge is 2.08. The van der Waals surface area contributed by atoms with Gasteiger partial charge in [0, 0.05) is 19.5 Å². The summed E-state index contributed by atoms with van der Waals surface area (Å²) in [6, 6.07) is 14.0. The number of likely N-dealkylation sites (N-methyl/N-ethyl adjacent to an activating group) is 1. The zero-order valence-corrected chi connectivity index (χ0v) is 14.1. The highest BCUT2D eigenvalue weighted by Crippen LogP contribution is 2.16. The Balaban J connectivity index is 1.67. The van der Waals surface area contributed by atoms with Gasteiger partial charge in [-0.1, -0.05) is 30.3 Å². The van der Waals surface area contributed by atoms with Crippen molar-refractivity contribution in [3.63, 3.8) is 0 Å². The Labute approximate surface area is 142 Å². The molecule has 0 heterocycles. The lowest BCUT2D eigenvalue weighted by atomic mass is 10.2. The number of ether oxygens (including phenoxy) is 1. The second-order valence-corrected chi connectivity index (χ2v) is 5.70. The number of benzene rings is 2. The molecule has 0 bridgehead atoms. The van der Waals surface area contributed by atoms with Gasteiger partial charge in [0.2, 0.25) is 5.91 Å². The average molecular weight is 330 g/mol. The number of carbonyl (C=O) groups excluding carboxylic acids is 1. The SMILES string of the molecule is Cc1ccccc1OCCN(C)CCC(=O)Nc1ccccc1F. The van der Waals surface area contributed by atoms with Gasteiger partial charge in [-0.15, -0.1) is 0 Å². The van der Waals surface area contributed by atoms with E-state index in [-0.39, 0.29) is 11.6 Å². The third-order valence-corrected chi connectivity index (χ3v) is 3.69. The quantitative estimate of drug-likeness (QED) is 0.806. The molecule has 0 spiro atoms. The fourth-order valence-corrected chi connectivity index (χ4v) is 2.21. The Morgan fingerprint density at radius 3 is 2.58 bits per heavy atom. The van der Waals surface area contributed by atoms with Gasteiger partial charge in [-0.05, 0) is 37.7 Å². The molecule has 0 unspecified atom stereocenters. The van der Waals surface area contributed by atoms with Crippen LogP contribution in [0.15, 0.2) is 48.5 Å². The maximum absolute atomic E-state index is 13.5. The Morgan fingerprint density at radius 2 is 1.83 bits per heavy atom. The van der Waals surface area contributed by atoms with Crippen molar-refractivity contribution in [3.05, 3.63) is 59.9 Å². The molecule has 1 N–H and O–H groups in total. The number of nitrogens with zero attached hydrogens (tertiary/aromatic N) is 1. The van der Waals surface area contributed by atoms with Crippen LogP contribution in [0.2, 0.25) is 0 Å². The van der Waals surface area contributed by atoms with E-state index in [2.05, 4.69) is 5.32 Å². The first-order valence-corrected chi connectivity index (χ1v) is 7.97. The summed E-state index contributed by atoms with van der Waals surface area (Å²) in [5, 5.41) is 2.58. The van der Waals surface area contributed by atoms with Crippen molar-refractivity contribution in [2.24, 2.45) is 0 Å². The topological polar surface area (TPSA) is 41.6 Å². The van der Waals surface area contributed by atoms with Crippen molar-refractivity contribution in [1.82, 2.24) is 4.90 Å². The Kier molecular flexibility index (Phi) is 6.75. The van der Waals surface area contributed by atoms with E-state index in [4.69, 9.17) is 4.74 Å². The molecule has 2 aromatic carbocycles. The second-order valence-electron chi connectivity index (χ2n) is 5.70. The number of hydrogen-bond acceptors (Lipinski definition) is 3. The molecule has 1 amide bonds. The number of aryl methyl sites for hydroxylation is 1. The Hall–Kier alpha value is -2.40. The summed E-state index contributed by atoms with van der Waals surface area (Å²) < 4.78 is 19.2. The summed E-state index contributed by atoms with van der Waals surface area (Å²) in [6.45, 7) is 3.85. The van der Waals surface area contributed by atoms with E-state index in [0.717, 1.165) is 11.3 Å². The van der Waals surface area contributed by atoms with Crippen LogP contribution in [-0.4, -0.2) is 37.6 Å². The molecule has 2 rings (SSSR count). The monoisotopic (exact) mass is 330 g/mol. The van der Waals surface area contributed by atoms with Crippen LogP contribution >= 0.6 is 0 Å². The molecule has 128 valence electrons. The van der Waals surface area contributed by atoms with Crippen molar-refractivity contribution >= 4 is 11.6 Å². The van der Waals surface area contributed by atoms with Crippen LogP contribution < -0.4 is 10.1 Å². The first-order valence-electron chi connectivity index (χ1n) is 7.97. The van der Waals surface area contributed by atoms with Crippen LogP contribution in [0.1, 0.15) is 12.0 Å². The van der Waals surface area contributed by atoms with Gasteiger partial charge in [-0.2, -0.15) is 0 Å². The second kappa shape index (κ2) is 9.03. The van der Waals surface area contributed by atoms with Crippen molar-refractivity contribution < 1.29 is 13.9 Å². The summed E-state index contributed by atoms with van der Waals surface area (Å²) in [4.78, 5) is 13.9. The van der Waals surface area contributed by atoms with E-state index in [0.29, 0.717) is 26.1 Å². The first kappa shape index (κ1) is 17.9. The highest BCUT2D eigenvalue weighted by molar-refractivity contribution is 5.90. The van der Waals surface area contributed by atoms with E-state index in [9.17, 15) is 9.18 Å². The predicted octanol–water partition coefficient (Wildman–Crippen LogP) is 3.47. The van der Waals surface area contributed by atoms with Crippen LogP contribution in [0.25, 0.3) is 0 Å². The minimum absolute atomic E-state index is 0.202. The lowest BCUT2D eigenvalue weighted by Crippen LogP contribution is -2.28. The van der Waals surface area contributed by atoms with Crippen LogP contribution in [0.5, 0.6) is 5.75 Å². The predicted molar refractivity (Wildman–Crippen MR) is 93.8 cm³/mol. The van der Waals surface area contributed by atoms with Crippen LogP contribution in [0.4, 0.5) is 10.1 Å². The van der Waals surface area contributed by atoms with Crippen LogP contribution in [0, 0.1) is 12.7 Å². The molecule has 4 nitrogen and oxygen atoms in total. The van der Waals surface area contributed by atoms with Crippen molar-refractivity contribution in [2.45, 2.75) is 13.3 Å². The lowest BCUT2D eigenvalue weighted by Gasteiger charge is -2.17. The van der Waals surface area contributed by atoms with Gasteiger partial charge in [-0.3, -0.25) is 4.79 Å². The fourth-order valence-electron chi connectivity index (χ4n) is 2.21. The molecule has 0 radical (unpaired) electrons. The third-order valence-electron chi connectivity index (χ3n) is 3.69. The molecular weight excluding hydrogens is 307 g/mol. The number of amides is 1. The maximum atomic E-state index is 13.5. The highest BCUT2D eigenvalue weighted by atomic mass is 19.1. The molecule has 0 fully saturated rings. The molecule has 0 aliphatic heterocycles. The van der Waals surface area contributed by atoms with Crippen LogP contribution in [-0.2, 0) is 4.79 Å². The van der Waals surface area contributed by atoms with Gasteiger partial charge in [0.15, 0.2) is 0 Å². The average Bonchev–Trinajstić information content (AvgIpc) is 2.57. The smallest absolute Gasteiger partial charge is 0.225 e. The van der Waals surface area contributed by atoms with Crippen molar-refractivity contribution in [2.75, 3.05) is 32.1 Å². The molecule has 0 aliphatic carbocycles. The number of hydrogen-bond donors (Lipinski definition) is 1. The molecule has 24 heavy (non-hydrogen) atoms. The zero-order chi connectivity index (χ0) is 17.4. The minimum Gasteiger partial charge on any atom is -0.492 e. The lowest BCUT2D eigenvalue weighted by molar-refractivity contribution is -0.116. The van der Waals surface area contributed by atoms with Gasteiger partial charge in [0.1, 0.15) is 18.2 Å². The standard InChI is InChI=1S/C19H23FN2O2/c1-15-7-3-6-10-18(15)24-14-13-22(2)12-11-19(23)21-17-9-5-4-8-16(17)20/h3-10H,11-14H2,1-2H3,(H,21,23). The van der Waals surface area contributed by atoms with Crippen molar-refractivity contribution in [3.8, 4) is 5.75 Å². The van der Waals surface area contributed by atoms with Gasteiger partial charge in [-0.25, -0.2) is 4.39 Å².